The normalized spacial score (nSPS) is 12.5. The van der Waals surface area contributed by atoms with E-state index >= 15 is 0 Å². The molecule has 0 radical (unpaired) electrons. The molecular formula is C24H23ClN2O4. The van der Waals surface area contributed by atoms with Crippen LogP contribution in [-0.2, 0) is 15.2 Å². The molecule has 2 amide bonds. The van der Waals surface area contributed by atoms with Crippen molar-refractivity contribution in [3.8, 4) is 16.9 Å². The van der Waals surface area contributed by atoms with Gasteiger partial charge in [-0.25, -0.2) is 0 Å². The van der Waals surface area contributed by atoms with E-state index < -0.39 is 17.4 Å². The van der Waals surface area contributed by atoms with Gasteiger partial charge >= 0.3 is 11.8 Å². The van der Waals surface area contributed by atoms with E-state index in [1.165, 1.54) is 13.2 Å². The number of methoxy groups -OCH3 is 1. The van der Waals surface area contributed by atoms with Gasteiger partial charge in [0.1, 0.15) is 11.4 Å². The van der Waals surface area contributed by atoms with Gasteiger partial charge in [-0.3, -0.25) is 9.59 Å². The largest absolute Gasteiger partial charge is 0.495 e. The summed E-state index contributed by atoms with van der Waals surface area (Å²) in [4.78, 5) is 24.5. The maximum atomic E-state index is 12.2. The highest BCUT2D eigenvalue weighted by molar-refractivity contribution is 6.40. The molecule has 160 valence electrons. The van der Waals surface area contributed by atoms with Crippen LogP contribution in [0.1, 0.15) is 12.5 Å². The molecule has 3 aromatic carbocycles. The van der Waals surface area contributed by atoms with Crippen LogP contribution in [0.3, 0.4) is 0 Å². The van der Waals surface area contributed by atoms with Gasteiger partial charge in [-0.15, -0.1) is 0 Å². The predicted octanol–water partition coefficient (Wildman–Crippen LogP) is 3.98. The lowest BCUT2D eigenvalue weighted by Gasteiger charge is -2.24. The van der Waals surface area contributed by atoms with Crippen LogP contribution in [0.5, 0.6) is 5.75 Å². The van der Waals surface area contributed by atoms with Crippen LogP contribution >= 0.6 is 11.6 Å². The fraction of sp³-hybridized carbons (Fsp3) is 0.167. The van der Waals surface area contributed by atoms with Crippen LogP contribution in [0, 0.1) is 0 Å². The fourth-order valence-electron chi connectivity index (χ4n) is 3.04. The van der Waals surface area contributed by atoms with Crippen molar-refractivity contribution in [2.75, 3.05) is 19.0 Å². The quantitative estimate of drug-likeness (QED) is 0.508. The Balaban J connectivity index is 1.62. The van der Waals surface area contributed by atoms with Gasteiger partial charge in [-0.2, -0.15) is 0 Å². The number of hydrogen-bond donors (Lipinski definition) is 3. The third kappa shape index (κ3) is 5.63. The molecule has 31 heavy (non-hydrogen) atoms. The molecule has 1 unspecified atom stereocenters. The average Bonchev–Trinajstić information content (AvgIpc) is 2.78. The summed E-state index contributed by atoms with van der Waals surface area (Å²) in [5.74, 6) is -1.41. The van der Waals surface area contributed by atoms with Crippen molar-refractivity contribution < 1.29 is 19.4 Å². The van der Waals surface area contributed by atoms with E-state index in [2.05, 4.69) is 10.6 Å². The summed E-state index contributed by atoms with van der Waals surface area (Å²) >= 11 is 5.94. The Morgan fingerprint density at radius 3 is 2.26 bits per heavy atom. The fourth-order valence-corrected chi connectivity index (χ4v) is 3.22. The number of rotatable bonds is 6. The maximum absolute atomic E-state index is 12.2. The van der Waals surface area contributed by atoms with Gasteiger partial charge in [-0.05, 0) is 41.8 Å². The van der Waals surface area contributed by atoms with Crippen LogP contribution in [-0.4, -0.2) is 30.6 Å². The second-order valence-corrected chi connectivity index (χ2v) is 7.64. The molecule has 3 aromatic rings. The van der Waals surface area contributed by atoms with Crippen LogP contribution in [0.15, 0.2) is 72.8 Å². The number of halogens is 1. The first-order chi connectivity index (χ1) is 14.8. The minimum Gasteiger partial charge on any atom is -0.495 e. The number of aliphatic hydroxyl groups is 1. The average molecular weight is 439 g/mol. The number of hydrogen-bond acceptors (Lipinski definition) is 4. The first-order valence-electron chi connectivity index (χ1n) is 9.61. The maximum Gasteiger partial charge on any atom is 0.313 e. The minimum absolute atomic E-state index is 0.142. The zero-order chi connectivity index (χ0) is 22.4. The van der Waals surface area contributed by atoms with Crippen LogP contribution in [0.4, 0.5) is 5.69 Å². The summed E-state index contributed by atoms with van der Waals surface area (Å²) in [6.07, 6.45) is 0. The Kier molecular flexibility index (Phi) is 6.95. The zero-order valence-electron chi connectivity index (χ0n) is 17.2. The highest BCUT2D eigenvalue weighted by atomic mass is 35.5. The topological polar surface area (TPSA) is 87.7 Å². The lowest BCUT2D eigenvalue weighted by Crippen LogP contribution is -2.43. The van der Waals surface area contributed by atoms with Crippen molar-refractivity contribution in [1.82, 2.24) is 5.32 Å². The van der Waals surface area contributed by atoms with Crippen LogP contribution in [0.25, 0.3) is 11.1 Å². The van der Waals surface area contributed by atoms with Crippen molar-refractivity contribution in [3.63, 3.8) is 0 Å². The molecule has 0 bridgehead atoms. The number of ether oxygens (including phenoxy) is 1. The van der Waals surface area contributed by atoms with Crippen LogP contribution in [0.2, 0.25) is 5.02 Å². The SMILES string of the molecule is COc1ccc(Cl)cc1NC(=O)C(=O)NCC(C)(O)c1ccc(-c2ccccc2)cc1. The summed E-state index contributed by atoms with van der Waals surface area (Å²) in [6, 6.07) is 21.9. The number of carbonyl (C=O) groups excluding carboxylic acids is 2. The van der Waals surface area contributed by atoms with Gasteiger partial charge in [0, 0.05) is 5.02 Å². The van der Waals surface area contributed by atoms with E-state index in [-0.39, 0.29) is 12.2 Å². The number of carbonyl (C=O) groups is 2. The summed E-state index contributed by atoms with van der Waals surface area (Å²) in [6.45, 7) is 1.43. The smallest absolute Gasteiger partial charge is 0.313 e. The Morgan fingerprint density at radius 1 is 0.968 bits per heavy atom. The molecule has 0 saturated heterocycles. The number of nitrogens with one attached hydrogen (secondary N) is 2. The summed E-state index contributed by atoms with van der Waals surface area (Å²) in [5, 5.41) is 16.1. The van der Waals surface area contributed by atoms with E-state index in [1.54, 1.807) is 31.2 Å². The Morgan fingerprint density at radius 2 is 1.61 bits per heavy atom. The minimum atomic E-state index is -1.36. The first kappa shape index (κ1) is 22.3. The molecule has 1 atom stereocenters. The van der Waals surface area contributed by atoms with Crippen molar-refractivity contribution in [2.24, 2.45) is 0 Å². The highest BCUT2D eigenvalue weighted by Gasteiger charge is 2.26. The Hall–Kier alpha value is -3.35. The predicted molar refractivity (Wildman–Crippen MR) is 121 cm³/mol. The van der Waals surface area contributed by atoms with E-state index in [9.17, 15) is 14.7 Å². The third-order valence-electron chi connectivity index (χ3n) is 4.82. The second-order valence-electron chi connectivity index (χ2n) is 7.20. The lowest BCUT2D eigenvalue weighted by molar-refractivity contribution is -0.136. The molecule has 0 saturated carbocycles. The number of anilines is 1. The number of benzene rings is 3. The standard InChI is InChI=1S/C24H23ClN2O4/c1-24(30,18-10-8-17(9-11-18)16-6-4-3-5-7-16)15-26-22(28)23(29)27-20-14-19(25)12-13-21(20)31-2/h3-14,30H,15H2,1-2H3,(H,26,28)(H,27,29). The molecule has 6 nitrogen and oxygen atoms in total. The van der Waals surface area contributed by atoms with Crippen LogP contribution < -0.4 is 15.4 Å². The monoisotopic (exact) mass is 438 g/mol. The Bertz CT molecular complexity index is 1070. The molecule has 0 heterocycles. The molecule has 0 spiro atoms. The van der Waals surface area contributed by atoms with E-state index in [4.69, 9.17) is 16.3 Å². The van der Waals surface area contributed by atoms with Gasteiger partial charge in [0.2, 0.25) is 0 Å². The molecular weight excluding hydrogens is 416 g/mol. The van der Waals surface area contributed by atoms with Gasteiger partial charge in [0.05, 0.1) is 19.3 Å². The molecule has 0 aromatic heterocycles. The second kappa shape index (κ2) is 9.64. The Labute approximate surface area is 185 Å². The molecule has 0 aliphatic carbocycles. The van der Waals surface area contributed by atoms with Gasteiger partial charge in [-0.1, -0.05) is 66.2 Å². The van der Waals surface area contributed by atoms with Crippen molar-refractivity contribution in [2.45, 2.75) is 12.5 Å². The molecule has 0 aliphatic heterocycles. The lowest BCUT2D eigenvalue weighted by atomic mass is 9.93. The van der Waals surface area contributed by atoms with Gasteiger partial charge < -0.3 is 20.5 Å². The molecule has 3 N–H and O–H groups in total. The van der Waals surface area contributed by atoms with E-state index in [1.807, 2.05) is 42.5 Å². The van der Waals surface area contributed by atoms with E-state index in [0.717, 1.165) is 11.1 Å². The van der Waals surface area contributed by atoms with Crippen molar-refractivity contribution >= 4 is 29.1 Å². The summed E-state index contributed by atoms with van der Waals surface area (Å²) in [7, 11) is 1.44. The summed E-state index contributed by atoms with van der Waals surface area (Å²) in [5.41, 5.74) is 1.61. The molecule has 3 rings (SSSR count). The first-order valence-corrected chi connectivity index (χ1v) is 9.99. The van der Waals surface area contributed by atoms with E-state index in [0.29, 0.717) is 16.3 Å². The third-order valence-corrected chi connectivity index (χ3v) is 5.06. The molecule has 0 fully saturated rings. The van der Waals surface area contributed by atoms with Gasteiger partial charge in [0.25, 0.3) is 0 Å². The number of amides is 2. The zero-order valence-corrected chi connectivity index (χ0v) is 17.9. The summed E-state index contributed by atoms with van der Waals surface area (Å²) < 4.78 is 5.15. The molecule has 7 heteroatoms. The molecule has 0 aliphatic rings. The van der Waals surface area contributed by atoms with Crippen molar-refractivity contribution in [1.29, 1.82) is 0 Å². The van der Waals surface area contributed by atoms with Crippen molar-refractivity contribution in [3.05, 3.63) is 83.4 Å². The van der Waals surface area contributed by atoms with Gasteiger partial charge in [0.15, 0.2) is 0 Å². The highest BCUT2D eigenvalue weighted by Crippen LogP contribution is 2.28.